The predicted molar refractivity (Wildman–Crippen MR) is 45.1 cm³/mol. The fraction of sp³-hybridized carbons (Fsp3) is 0. The molecule has 0 fully saturated rings. The normalized spacial score (nSPS) is 12.8. The number of sulfone groups is 1. The number of hydrogen-bond donors (Lipinski definition) is 1. The Morgan fingerprint density at radius 1 is 1.31 bits per heavy atom. The van der Waals surface area contributed by atoms with Crippen LogP contribution in [-0.2, 0) is 9.84 Å². The van der Waals surface area contributed by atoms with Crippen LogP contribution >= 0.6 is 0 Å². The van der Waals surface area contributed by atoms with Gasteiger partial charge in [-0.05, 0) is 12.1 Å². The van der Waals surface area contributed by atoms with E-state index in [9.17, 15) is 13.6 Å². The number of hydrogen-bond acceptors (Lipinski definition) is 4. The van der Waals surface area contributed by atoms with Crippen molar-refractivity contribution in [3.8, 4) is 0 Å². The van der Waals surface area contributed by atoms with E-state index in [1.165, 1.54) is 24.3 Å². The smallest absolute Gasteiger partial charge is 0.327 e. The molecule has 0 bridgehead atoms. The molecule has 70 valence electrons. The second-order valence-corrected chi connectivity index (χ2v) is 4.04. The average Bonchev–Trinajstić information content (AvgIpc) is 2.04. The first kappa shape index (κ1) is 9.53. The Bertz CT molecular complexity index is 405. The minimum atomic E-state index is -3.82. The number of rotatable bonds is 2. The Morgan fingerprint density at radius 2 is 1.85 bits per heavy atom. The summed E-state index contributed by atoms with van der Waals surface area (Å²) in [7, 11) is -3.82. The molecule has 0 aliphatic heterocycles. The van der Waals surface area contributed by atoms with Crippen molar-refractivity contribution < 1.29 is 18.5 Å². The van der Waals surface area contributed by atoms with E-state index in [1.54, 1.807) is 6.07 Å². The van der Waals surface area contributed by atoms with Crippen LogP contribution in [0.2, 0.25) is 0 Å². The molecule has 1 aromatic carbocycles. The Kier molecular flexibility index (Phi) is 2.52. The maximum atomic E-state index is 11.2. The zero-order chi connectivity index (χ0) is 9.90. The first-order valence-corrected chi connectivity index (χ1v) is 4.87. The lowest BCUT2D eigenvalue weighted by molar-refractivity contribution is -0.721. The van der Waals surface area contributed by atoms with E-state index in [-0.39, 0.29) is 10.4 Å². The predicted octanol–water partition coefficient (Wildman–Crippen LogP) is 0.388. The monoisotopic (exact) mass is 201 g/mol. The average molecular weight is 201 g/mol. The van der Waals surface area contributed by atoms with Gasteiger partial charge in [-0.2, -0.15) is 0 Å². The van der Waals surface area contributed by atoms with Crippen molar-refractivity contribution in [1.82, 2.24) is 0 Å². The van der Waals surface area contributed by atoms with E-state index in [2.05, 4.69) is 0 Å². The van der Waals surface area contributed by atoms with Crippen molar-refractivity contribution in [2.75, 3.05) is 0 Å². The van der Waals surface area contributed by atoms with E-state index in [4.69, 9.17) is 5.21 Å². The molecule has 1 aromatic rings. The minimum Gasteiger partial charge on any atom is -0.417 e. The van der Waals surface area contributed by atoms with Gasteiger partial charge in [0, 0.05) is 4.90 Å². The highest BCUT2D eigenvalue weighted by Crippen LogP contribution is 2.06. The Balaban J connectivity index is 3.18. The van der Waals surface area contributed by atoms with Gasteiger partial charge in [0.1, 0.15) is 0 Å². The second-order valence-electron chi connectivity index (χ2n) is 2.27. The molecule has 6 heteroatoms. The molecule has 0 atom stereocenters. The molecule has 1 rings (SSSR count). The fourth-order valence-corrected chi connectivity index (χ4v) is 1.69. The summed E-state index contributed by atoms with van der Waals surface area (Å²) in [6.45, 7) is 0. The molecular weight excluding hydrogens is 194 g/mol. The molecule has 13 heavy (non-hydrogen) atoms. The molecular formula is C7H7NO4S. The summed E-state index contributed by atoms with van der Waals surface area (Å²) in [5.74, 6) is 0. The maximum absolute atomic E-state index is 11.2. The molecule has 0 aliphatic carbocycles. The molecule has 0 aromatic heterocycles. The molecule has 0 saturated carbocycles. The van der Waals surface area contributed by atoms with Crippen LogP contribution in [0.1, 0.15) is 0 Å². The van der Waals surface area contributed by atoms with Crippen LogP contribution in [0.3, 0.4) is 0 Å². The lowest BCUT2D eigenvalue weighted by Crippen LogP contribution is -2.09. The highest BCUT2D eigenvalue weighted by molar-refractivity contribution is 8.04. The summed E-state index contributed by atoms with van der Waals surface area (Å²) in [5, 5.41) is 18.3. The highest BCUT2D eigenvalue weighted by atomic mass is 32.2. The van der Waals surface area contributed by atoms with Gasteiger partial charge < -0.3 is 5.21 Å². The zero-order valence-corrected chi connectivity index (χ0v) is 7.31. The van der Waals surface area contributed by atoms with Crippen molar-refractivity contribution in [2.24, 2.45) is 0 Å². The van der Waals surface area contributed by atoms with Gasteiger partial charge in [0.2, 0.25) is 0 Å². The molecule has 0 heterocycles. The van der Waals surface area contributed by atoms with Gasteiger partial charge in [0.05, 0.1) is 4.90 Å². The van der Waals surface area contributed by atoms with Crippen LogP contribution in [-0.4, -0.2) is 24.1 Å². The Hall–Kier alpha value is -1.56. The van der Waals surface area contributed by atoms with Crippen LogP contribution in [0.4, 0.5) is 0 Å². The third kappa shape index (κ3) is 2.45. The van der Waals surface area contributed by atoms with Gasteiger partial charge in [0.25, 0.3) is 9.84 Å². The van der Waals surface area contributed by atoms with Gasteiger partial charge >= 0.3 is 5.55 Å². The topological polar surface area (TPSA) is 80.4 Å². The quantitative estimate of drug-likeness (QED) is 0.247. The summed E-state index contributed by atoms with van der Waals surface area (Å²) >= 11 is 0. The van der Waals surface area contributed by atoms with Crippen LogP contribution < -0.4 is 0 Å². The van der Waals surface area contributed by atoms with Gasteiger partial charge in [0.15, 0.2) is 0 Å². The summed E-state index contributed by atoms with van der Waals surface area (Å²) in [5.41, 5.74) is 0.197. The molecule has 5 nitrogen and oxygen atoms in total. The number of benzene rings is 1. The van der Waals surface area contributed by atoms with Crippen molar-refractivity contribution in [1.29, 1.82) is 0 Å². The van der Waals surface area contributed by atoms with Crippen molar-refractivity contribution in [3.05, 3.63) is 35.5 Å². The first-order valence-electron chi connectivity index (χ1n) is 3.32. The van der Waals surface area contributed by atoms with Crippen molar-refractivity contribution in [2.45, 2.75) is 4.90 Å². The van der Waals surface area contributed by atoms with Gasteiger partial charge in [-0.3, -0.25) is 5.21 Å². The summed E-state index contributed by atoms with van der Waals surface area (Å²) in [4.78, 5) is -0.771. The molecule has 0 spiro atoms. The molecule has 0 unspecified atom stereocenters. The van der Waals surface area contributed by atoms with E-state index >= 15 is 0 Å². The van der Waals surface area contributed by atoms with Crippen molar-refractivity contribution in [3.63, 3.8) is 0 Å². The molecule has 0 saturated heterocycles. The van der Waals surface area contributed by atoms with Crippen molar-refractivity contribution >= 4 is 15.4 Å². The van der Waals surface area contributed by atoms with Crippen LogP contribution in [0.15, 0.2) is 35.2 Å². The third-order valence-electron chi connectivity index (χ3n) is 1.30. The van der Waals surface area contributed by atoms with E-state index in [0.29, 0.717) is 0 Å². The highest BCUT2D eigenvalue weighted by Gasteiger charge is 2.15. The lowest BCUT2D eigenvalue weighted by atomic mass is 10.4. The molecule has 1 N–H and O–H groups in total. The van der Waals surface area contributed by atoms with E-state index < -0.39 is 14.7 Å². The first-order chi connectivity index (χ1) is 6.02. The van der Waals surface area contributed by atoms with E-state index in [1.807, 2.05) is 0 Å². The van der Waals surface area contributed by atoms with Gasteiger partial charge in [-0.25, -0.2) is 8.42 Å². The Labute approximate surface area is 75.0 Å². The second kappa shape index (κ2) is 3.44. The summed E-state index contributed by atoms with van der Waals surface area (Å²) in [6.07, 6.45) is 0. The lowest BCUT2D eigenvalue weighted by Gasteiger charge is -1.94. The summed E-state index contributed by atoms with van der Waals surface area (Å²) in [6, 6.07) is 7.35. The van der Waals surface area contributed by atoms with Crippen LogP contribution in [0.5, 0.6) is 0 Å². The number of nitrogens with zero attached hydrogens (tertiary/aromatic N) is 1. The molecule has 0 amide bonds. The molecule has 0 aliphatic rings. The molecule has 0 radical (unpaired) electrons. The van der Waals surface area contributed by atoms with Crippen LogP contribution in [0, 0.1) is 5.21 Å². The Morgan fingerprint density at radius 3 is 2.31 bits per heavy atom. The minimum absolute atomic E-state index is 0.0371. The third-order valence-corrected chi connectivity index (χ3v) is 2.69. The van der Waals surface area contributed by atoms with Crippen LogP contribution in [0.25, 0.3) is 0 Å². The largest absolute Gasteiger partial charge is 0.417 e. The zero-order valence-electron chi connectivity index (χ0n) is 6.49. The van der Waals surface area contributed by atoms with Gasteiger partial charge in [-0.15, -0.1) is 0 Å². The fourth-order valence-electron chi connectivity index (χ4n) is 0.790. The maximum Gasteiger partial charge on any atom is 0.327 e. The standard InChI is InChI=1S/C7H7NO4S/c9-8(10)6-13(11,12)7-4-2-1-3-5-7/h1-6H,(H,9,10). The van der Waals surface area contributed by atoms with E-state index in [0.717, 1.165) is 0 Å². The summed E-state index contributed by atoms with van der Waals surface area (Å²) < 4.78 is 22.4. The van der Waals surface area contributed by atoms with Gasteiger partial charge in [-0.1, -0.05) is 18.2 Å². The SMILES string of the molecule is O=S(=O)(/C=[N+](\[O-])O)c1ccccc1.